The average Bonchev–Trinajstić information content (AvgIpc) is 2.30. The molecular formula is C13H19NO. The van der Waals surface area contributed by atoms with Crippen LogP contribution < -0.4 is 10.1 Å². The zero-order chi connectivity index (χ0) is 10.7. The maximum Gasteiger partial charge on any atom is 0.122 e. The van der Waals surface area contributed by atoms with Crippen molar-refractivity contribution in [1.29, 1.82) is 0 Å². The molecule has 0 radical (unpaired) electrons. The molecule has 0 saturated heterocycles. The summed E-state index contributed by atoms with van der Waals surface area (Å²) < 4.78 is 5.61. The fourth-order valence-corrected chi connectivity index (χ4v) is 2.20. The molecule has 1 aliphatic rings. The van der Waals surface area contributed by atoms with Crippen molar-refractivity contribution in [1.82, 2.24) is 5.32 Å². The second-order valence-electron chi connectivity index (χ2n) is 4.07. The topological polar surface area (TPSA) is 21.3 Å². The van der Waals surface area contributed by atoms with Gasteiger partial charge >= 0.3 is 0 Å². The second-order valence-corrected chi connectivity index (χ2v) is 4.07. The summed E-state index contributed by atoms with van der Waals surface area (Å²) in [4.78, 5) is 0. The van der Waals surface area contributed by atoms with E-state index in [9.17, 15) is 0 Å². The number of hydrogen-bond acceptors (Lipinski definition) is 2. The van der Waals surface area contributed by atoms with Crippen LogP contribution in [0, 0.1) is 0 Å². The first-order valence-electron chi connectivity index (χ1n) is 5.78. The van der Waals surface area contributed by atoms with E-state index in [-0.39, 0.29) is 0 Å². The number of nitrogens with one attached hydrogen (secondary N) is 1. The molecule has 0 aromatic heterocycles. The van der Waals surface area contributed by atoms with Crippen LogP contribution >= 0.6 is 0 Å². The van der Waals surface area contributed by atoms with Crippen LogP contribution in [0.3, 0.4) is 0 Å². The van der Waals surface area contributed by atoms with Crippen LogP contribution in [-0.4, -0.2) is 13.7 Å². The summed E-state index contributed by atoms with van der Waals surface area (Å²) in [6.07, 6.45) is 3.42. The highest BCUT2D eigenvalue weighted by atomic mass is 16.5. The van der Waals surface area contributed by atoms with E-state index < -0.39 is 0 Å². The van der Waals surface area contributed by atoms with E-state index in [1.807, 2.05) is 7.05 Å². The summed E-state index contributed by atoms with van der Waals surface area (Å²) in [6.45, 7) is 3.08. The molecule has 0 fully saturated rings. The zero-order valence-corrected chi connectivity index (χ0v) is 9.55. The summed E-state index contributed by atoms with van der Waals surface area (Å²) in [7, 11) is 2.02. The molecule has 1 aromatic rings. The molecule has 1 aromatic carbocycles. The van der Waals surface area contributed by atoms with Crippen LogP contribution in [0.2, 0.25) is 0 Å². The van der Waals surface area contributed by atoms with Gasteiger partial charge in [0.05, 0.1) is 6.61 Å². The first-order chi connectivity index (χ1) is 7.35. The van der Waals surface area contributed by atoms with Crippen molar-refractivity contribution in [2.75, 3.05) is 13.7 Å². The number of rotatable bonds is 3. The first-order valence-corrected chi connectivity index (χ1v) is 5.78. The van der Waals surface area contributed by atoms with Crippen molar-refractivity contribution in [2.24, 2.45) is 0 Å². The van der Waals surface area contributed by atoms with Crippen LogP contribution in [0.15, 0.2) is 18.2 Å². The summed E-state index contributed by atoms with van der Waals surface area (Å²) in [5.74, 6) is 1.08. The lowest BCUT2D eigenvalue weighted by atomic mass is 9.98. The van der Waals surface area contributed by atoms with Gasteiger partial charge in [-0.05, 0) is 43.5 Å². The van der Waals surface area contributed by atoms with Gasteiger partial charge in [0.2, 0.25) is 0 Å². The molecule has 0 aliphatic carbocycles. The minimum atomic E-state index is 0.470. The molecule has 2 heteroatoms. The Morgan fingerprint density at radius 2 is 2.33 bits per heavy atom. The standard InChI is InChI=1S/C13H19NO/c1-3-12(14-2)10-6-7-13-11(9-10)5-4-8-15-13/h6-7,9,12,14H,3-5,8H2,1-2H3. The molecule has 1 atom stereocenters. The van der Waals surface area contributed by atoms with E-state index in [2.05, 4.69) is 30.4 Å². The van der Waals surface area contributed by atoms with E-state index in [0.29, 0.717) is 6.04 Å². The van der Waals surface area contributed by atoms with E-state index in [1.165, 1.54) is 11.1 Å². The Kier molecular flexibility index (Phi) is 3.27. The first kappa shape index (κ1) is 10.5. The monoisotopic (exact) mass is 205 g/mol. The normalized spacial score (nSPS) is 16.7. The number of benzene rings is 1. The van der Waals surface area contributed by atoms with Gasteiger partial charge in [-0.3, -0.25) is 0 Å². The lowest BCUT2D eigenvalue weighted by molar-refractivity contribution is 0.288. The van der Waals surface area contributed by atoms with Crippen LogP contribution in [0.4, 0.5) is 0 Å². The van der Waals surface area contributed by atoms with Crippen LogP contribution in [-0.2, 0) is 6.42 Å². The summed E-state index contributed by atoms with van der Waals surface area (Å²) in [5.41, 5.74) is 2.75. The van der Waals surface area contributed by atoms with E-state index in [1.54, 1.807) is 0 Å². The van der Waals surface area contributed by atoms with Crippen LogP contribution in [0.25, 0.3) is 0 Å². The molecule has 0 saturated carbocycles. The fraction of sp³-hybridized carbons (Fsp3) is 0.538. The van der Waals surface area contributed by atoms with Crippen LogP contribution in [0.5, 0.6) is 5.75 Å². The lowest BCUT2D eigenvalue weighted by Gasteiger charge is -2.20. The quantitative estimate of drug-likeness (QED) is 0.819. The van der Waals surface area contributed by atoms with Gasteiger partial charge in [-0.2, -0.15) is 0 Å². The molecule has 1 N–H and O–H groups in total. The Labute approximate surface area is 91.6 Å². The van der Waals surface area contributed by atoms with Gasteiger partial charge in [-0.25, -0.2) is 0 Å². The second kappa shape index (κ2) is 4.67. The average molecular weight is 205 g/mol. The summed E-state index contributed by atoms with van der Waals surface area (Å²) in [5, 5.41) is 3.33. The van der Waals surface area contributed by atoms with Gasteiger partial charge in [0.15, 0.2) is 0 Å². The molecule has 1 heterocycles. The van der Waals surface area contributed by atoms with E-state index in [0.717, 1.165) is 31.6 Å². The van der Waals surface area contributed by atoms with Gasteiger partial charge in [-0.15, -0.1) is 0 Å². The van der Waals surface area contributed by atoms with Crippen LogP contribution in [0.1, 0.15) is 36.9 Å². The summed E-state index contributed by atoms with van der Waals surface area (Å²) >= 11 is 0. The highest BCUT2D eigenvalue weighted by molar-refractivity contribution is 5.39. The Morgan fingerprint density at radius 3 is 3.07 bits per heavy atom. The largest absolute Gasteiger partial charge is 0.493 e. The maximum atomic E-state index is 5.61. The van der Waals surface area contributed by atoms with Gasteiger partial charge in [0, 0.05) is 6.04 Å². The Hall–Kier alpha value is -1.02. The Bertz CT molecular complexity index is 331. The third-order valence-electron chi connectivity index (χ3n) is 3.09. The molecule has 0 bridgehead atoms. The molecule has 2 rings (SSSR count). The number of fused-ring (bicyclic) bond motifs is 1. The van der Waals surface area contributed by atoms with Crippen molar-refractivity contribution >= 4 is 0 Å². The summed E-state index contributed by atoms with van der Waals surface area (Å²) in [6, 6.07) is 7.05. The SMILES string of the molecule is CCC(NC)c1ccc2c(c1)CCCO2. The van der Waals surface area contributed by atoms with Crippen molar-refractivity contribution < 1.29 is 4.74 Å². The highest BCUT2D eigenvalue weighted by Gasteiger charge is 2.13. The zero-order valence-electron chi connectivity index (χ0n) is 9.55. The third kappa shape index (κ3) is 2.15. The molecule has 2 nitrogen and oxygen atoms in total. The van der Waals surface area contributed by atoms with Crippen molar-refractivity contribution in [3.8, 4) is 5.75 Å². The Balaban J connectivity index is 2.27. The molecule has 0 amide bonds. The third-order valence-corrected chi connectivity index (χ3v) is 3.09. The predicted molar refractivity (Wildman–Crippen MR) is 62.3 cm³/mol. The van der Waals surface area contributed by atoms with Gasteiger partial charge in [0.1, 0.15) is 5.75 Å². The molecule has 0 spiro atoms. The van der Waals surface area contributed by atoms with Crippen molar-refractivity contribution in [3.63, 3.8) is 0 Å². The molecule has 1 aliphatic heterocycles. The Morgan fingerprint density at radius 1 is 1.47 bits per heavy atom. The fourth-order valence-electron chi connectivity index (χ4n) is 2.20. The number of ether oxygens (including phenoxy) is 1. The van der Waals surface area contributed by atoms with E-state index >= 15 is 0 Å². The minimum absolute atomic E-state index is 0.470. The molecule has 1 unspecified atom stereocenters. The molecule has 15 heavy (non-hydrogen) atoms. The van der Waals surface area contributed by atoms with Gasteiger partial charge < -0.3 is 10.1 Å². The number of hydrogen-bond donors (Lipinski definition) is 1. The highest BCUT2D eigenvalue weighted by Crippen LogP contribution is 2.28. The smallest absolute Gasteiger partial charge is 0.122 e. The lowest BCUT2D eigenvalue weighted by Crippen LogP contribution is -2.16. The van der Waals surface area contributed by atoms with E-state index in [4.69, 9.17) is 4.74 Å². The molecule has 82 valence electrons. The number of aryl methyl sites for hydroxylation is 1. The van der Waals surface area contributed by atoms with Gasteiger partial charge in [0.25, 0.3) is 0 Å². The van der Waals surface area contributed by atoms with Crippen molar-refractivity contribution in [3.05, 3.63) is 29.3 Å². The maximum absolute atomic E-state index is 5.61. The van der Waals surface area contributed by atoms with Crippen molar-refractivity contribution in [2.45, 2.75) is 32.2 Å². The minimum Gasteiger partial charge on any atom is -0.493 e. The van der Waals surface area contributed by atoms with Gasteiger partial charge in [-0.1, -0.05) is 19.1 Å². The molecular weight excluding hydrogens is 186 g/mol. The predicted octanol–water partition coefficient (Wildman–Crippen LogP) is 2.68.